The Morgan fingerprint density at radius 2 is 2.13 bits per heavy atom. The largest absolute Gasteiger partial charge is 0.303 e. The lowest BCUT2D eigenvalue weighted by molar-refractivity contribution is 0.418. The molecule has 0 saturated heterocycles. The molecule has 0 aliphatic heterocycles. The lowest BCUT2D eigenvalue weighted by atomic mass is 9.93. The molecule has 1 N–H and O–H groups in total. The van der Waals surface area contributed by atoms with Crippen LogP contribution in [0.4, 0.5) is 0 Å². The molecule has 0 bridgehead atoms. The molecular weight excluding hydrogens is 304 g/mol. The van der Waals surface area contributed by atoms with Crippen LogP contribution in [0, 0.1) is 0 Å². The van der Waals surface area contributed by atoms with Gasteiger partial charge in [0.1, 0.15) is 12.7 Å². The van der Waals surface area contributed by atoms with Crippen LogP contribution in [-0.2, 0) is 6.42 Å². The zero-order valence-electron chi connectivity index (χ0n) is 13.1. The van der Waals surface area contributed by atoms with Crippen molar-refractivity contribution in [1.29, 1.82) is 0 Å². The SMILES string of the molecule is CC(NC1CCCc2sccc21)c1ccc(-n2cncn2)cc1. The third-order valence-electron chi connectivity index (χ3n) is 4.58. The van der Waals surface area contributed by atoms with E-state index in [1.54, 1.807) is 22.2 Å². The van der Waals surface area contributed by atoms with Crippen LogP contribution < -0.4 is 5.32 Å². The van der Waals surface area contributed by atoms with Crippen LogP contribution in [0.5, 0.6) is 0 Å². The summed E-state index contributed by atoms with van der Waals surface area (Å²) in [5.41, 5.74) is 3.85. The highest BCUT2D eigenvalue weighted by Gasteiger charge is 2.22. The number of hydrogen-bond donors (Lipinski definition) is 1. The summed E-state index contributed by atoms with van der Waals surface area (Å²) in [5.74, 6) is 0. The van der Waals surface area contributed by atoms with Gasteiger partial charge in [0.25, 0.3) is 0 Å². The van der Waals surface area contributed by atoms with Crippen molar-refractivity contribution in [2.24, 2.45) is 0 Å². The zero-order chi connectivity index (χ0) is 15.6. The molecule has 2 heterocycles. The number of nitrogens with one attached hydrogen (secondary N) is 1. The van der Waals surface area contributed by atoms with Gasteiger partial charge in [-0.15, -0.1) is 11.3 Å². The maximum absolute atomic E-state index is 4.16. The second-order valence-corrected chi connectivity index (χ2v) is 7.06. The molecule has 2 aromatic heterocycles. The molecule has 0 radical (unpaired) electrons. The minimum atomic E-state index is 0.329. The average molecular weight is 324 g/mol. The fraction of sp³-hybridized carbons (Fsp3) is 0.333. The Balaban J connectivity index is 1.49. The Morgan fingerprint density at radius 1 is 1.26 bits per heavy atom. The van der Waals surface area contributed by atoms with E-state index in [4.69, 9.17) is 0 Å². The number of benzene rings is 1. The van der Waals surface area contributed by atoms with Gasteiger partial charge in [0.05, 0.1) is 5.69 Å². The molecule has 2 atom stereocenters. The summed E-state index contributed by atoms with van der Waals surface area (Å²) in [6, 6.07) is 11.6. The Kier molecular flexibility index (Phi) is 3.97. The monoisotopic (exact) mass is 324 g/mol. The lowest BCUT2D eigenvalue weighted by Gasteiger charge is -2.27. The Labute approximate surface area is 140 Å². The van der Waals surface area contributed by atoms with Crippen molar-refractivity contribution >= 4 is 11.3 Å². The Morgan fingerprint density at radius 3 is 2.91 bits per heavy atom. The second-order valence-electron chi connectivity index (χ2n) is 6.06. The fourth-order valence-corrected chi connectivity index (χ4v) is 4.30. The van der Waals surface area contributed by atoms with E-state index in [2.05, 4.69) is 58.0 Å². The van der Waals surface area contributed by atoms with E-state index >= 15 is 0 Å². The molecule has 0 spiro atoms. The van der Waals surface area contributed by atoms with Crippen LogP contribution in [0.3, 0.4) is 0 Å². The summed E-state index contributed by atoms with van der Waals surface area (Å²) in [6.45, 7) is 2.24. The molecule has 0 saturated carbocycles. The van der Waals surface area contributed by atoms with Gasteiger partial charge in [0.2, 0.25) is 0 Å². The van der Waals surface area contributed by atoms with Crippen molar-refractivity contribution in [2.75, 3.05) is 0 Å². The summed E-state index contributed by atoms with van der Waals surface area (Å²) >= 11 is 1.90. The minimum absolute atomic E-state index is 0.329. The highest BCUT2D eigenvalue weighted by Crippen LogP contribution is 2.34. The maximum atomic E-state index is 4.16. The van der Waals surface area contributed by atoms with Crippen molar-refractivity contribution < 1.29 is 0 Å². The maximum Gasteiger partial charge on any atom is 0.138 e. The van der Waals surface area contributed by atoms with Gasteiger partial charge in [0.15, 0.2) is 0 Å². The molecule has 2 unspecified atom stereocenters. The van der Waals surface area contributed by atoms with Crippen LogP contribution in [0.2, 0.25) is 0 Å². The van der Waals surface area contributed by atoms with Crippen molar-refractivity contribution in [2.45, 2.75) is 38.3 Å². The van der Waals surface area contributed by atoms with Gasteiger partial charge in [-0.3, -0.25) is 0 Å². The van der Waals surface area contributed by atoms with Gasteiger partial charge in [-0.1, -0.05) is 12.1 Å². The molecule has 1 aliphatic carbocycles. The van der Waals surface area contributed by atoms with E-state index in [9.17, 15) is 0 Å². The molecule has 5 heteroatoms. The number of fused-ring (bicyclic) bond motifs is 1. The summed E-state index contributed by atoms with van der Waals surface area (Å²) in [6.07, 6.45) is 7.02. The van der Waals surface area contributed by atoms with E-state index in [-0.39, 0.29) is 0 Å². The van der Waals surface area contributed by atoms with Crippen LogP contribution in [-0.4, -0.2) is 14.8 Å². The zero-order valence-corrected chi connectivity index (χ0v) is 14.0. The molecule has 0 fully saturated rings. The van der Waals surface area contributed by atoms with E-state index in [0.29, 0.717) is 12.1 Å². The molecular formula is C18H20N4S. The predicted octanol–water partition coefficient (Wildman–Crippen LogP) is 4.06. The van der Waals surface area contributed by atoms with Gasteiger partial charge in [0, 0.05) is 17.0 Å². The number of hydrogen-bond acceptors (Lipinski definition) is 4. The van der Waals surface area contributed by atoms with Gasteiger partial charge in [-0.25, -0.2) is 9.67 Å². The number of aromatic nitrogens is 3. The number of rotatable bonds is 4. The highest BCUT2D eigenvalue weighted by atomic mass is 32.1. The standard InChI is InChI=1S/C18H20N4S/c1-13(21-17-3-2-4-18-16(17)9-10-23-18)14-5-7-15(8-6-14)22-12-19-11-20-22/h5-13,17,21H,2-4H2,1H3. The summed E-state index contributed by atoms with van der Waals surface area (Å²) in [4.78, 5) is 5.55. The molecule has 3 aromatic rings. The molecule has 4 nitrogen and oxygen atoms in total. The second kappa shape index (κ2) is 6.26. The third-order valence-corrected chi connectivity index (χ3v) is 5.58. The van der Waals surface area contributed by atoms with Gasteiger partial charge in [-0.2, -0.15) is 5.10 Å². The normalized spacial score (nSPS) is 18.6. The van der Waals surface area contributed by atoms with Crippen LogP contribution >= 0.6 is 11.3 Å². The first kappa shape index (κ1) is 14.6. The third kappa shape index (κ3) is 2.94. The first-order valence-corrected chi connectivity index (χ1v) is 8.96. The Bertz CT molecular complexity index is 761. The topological polar surface area (TPSA) is 42.7 Å². The lowest BCUT2D eigenvalue weighted by Crippen LogP contribution is -2.27. The molecule has 0 amide bonds. The van der Waals surface area contributed by atoms with E-state index < -0.39 is 0 Å². The van der Waals surface area contributed by atoms with Crippen molar-refractivity contribution in [1.82, 2.24) is 20.1 Å². The Hall–Kier alpha value is -1.98. The van der Waals surface area contributed by atoms with Crippen molar-refractivity contribution in [3.63, 3.8) is 0 Å². The molecule has 118 valence electrons. The summed E-state index contributed by atoms with van der Waals surface area (Å²) in [5, 5.41) is 10.2. The smallest absolute Gasteiger partial charge is 0.138 e. The van der Waals surface area contributed by atoms with E-state index in [1.807, 2.05) is 11.3 Å². The summed E-state index contributed by atoms with van der Waals surface area (Å²) in [7, 11) is 0. The summed E-state index contributed by atoms with van der Waals surface area (Å²) < 4.78 is 1.78. The van der Waals surface area contributed by atoms with Crippen LogP contribution in [0.15, 0.2) is 48.4 Å². The van der Waals surface area contributed by atoms with E-state index in [0.717, 1.165) is 5.69 Å². The number of nitrogens with zero attached hydrogens (tertiary/aromatic N) is 3. The number of thiophene rings is 1. The number of aryl methyl sites for hydroxylation is 1. The first-order chi connectivity index (χ1) is 11.3. The minimum Gasteiger partial charge on any atom is -0.303 e. The van der Waals surface area contributed by atoms with Gasteiger partial charge >= 0.3 is 0 Å². The highest BCUT2D eigenvalue weighted by molar-refractivity contribution is 7.10. The molecule has 1 aromatic carbocycles. The predicted molar refractivity (Wildman–Crippen MR) is 92.9 cm³/mol. The van der Waals surface area contributed by atoms with Gasteiger partial charge < -0.3 is 5.32 Å². The van der Waals surface area contributed by atoms with Crippen molar-refractivity contribution in [3.05, 3.63) is 64.4 Å². The quantitative estimate of drug-likeness (QED) is 0.787. The fourth-order valence-electron chi connectivity index (χ4n) is 3.31. The van der Waals surface area contributed by atoms with Crippen molar-refractivity contribution in [3.8, 4) is 5.69 Å². The first-order valence-electron chi connectivity index (χ1n) is 8.08. The molecule has 1 aliphatic rings. The molecule has 4 rings (SSSR count). The average Bonchev–Trinajstić information content (AvgIpc) is 3.27. The molecule has 23 heavy (non-hydrogen) atoms. The van der Waals surface area contributed by atoms with E-state index in [1.165, 1.54) is 30.4 Å². The van der Waals surface area contributed by atoms with Crippen LogP contribution in [0.1, 0.15) is 47.9 Å². The van der Waals surface area contributed by atoms with Crippen LogP contribution in [0.25, 0.3) is 5.69 Å². The van der Waals surface area contributed by atoms with Gasteiger partial charge in [-0.05, 0) is 60.9 Å².